The fourth-order valence-corrected chi connectivity index (χ4v) is 4.60. The van der Waals surface area contributed by atoms with Crippen molar-refractivity contribution in [3.8, 4) is 0 Å². The van der Waals surface area contributed by atoms with Gasteiger partial charge in [0, 0.05) is 0 Å². The van der Waals surface area contributed by atoms with Gasteiger partial charge >= 0.3 is 20.2 Å². The van der Waals surface area contributed by atoms with Crippen molar-refractivity contribution in [1.29, 1.82) is 0 Å². The molecule has 1 saturated carbocycles. The molecular formula is C6H15O12P3S3. The third-order valence-electron chi connectivity index (χ3n) is 2.80. The maximum Gasteiger partial charge on any atom is 0.322 e. The van der Waals surface area contributed by atoms with Gasteiger partial charge in [-0.2, -0.15) is 0 Å². The van der Waals surface area contributed by atoms with E-state index in [4.69, 9.17) is 9.79 Å². The maximum atomic E-state index is 10.1. The maximum absolute atomic E-state index is 10.1. The van der Waals surface area contributed by atoms with E-state index in [1.165, 1.54) is 0 Å². The van der Waals surface area contributed by atoms with Gasteiger partial charge in [-0.1, -0.05) is 0 Å². The van der Waals surface area contributed by atoms with Gasteiger partial charge in [0.25, 0.3) is 0 Å². The summed E-state index contributed by atoms with van der Waals surface area (Å²) >= 11 is 12.6. The first-order chi connectivity index (χ1) is 10.5. The van der Waals surface area contributed by atoms with Crippen LogP contribution in [0.1, 0.15) is 0 Å². The van der Waals surface area contributed by atoms with E-state index in [0.717, 1.165) is 0 Å². The zero-order valence-electron chi connectivity index (χ0n) is 11.3. The van der Waals surface area contributed by atoms with Crippen LogP contribution in [0.5, 0.6) is 0 Å². The molecule has 1 aliphatic carbocycles. The Morgan fingerprint density at radius 3 is 1.08 bits per heavy atom. The van der Waals surface area contributed by atoms with Crippen molar-refractivity contribution in [1.82, 2.24) is 0 Å². The summed E-state index contributed by atoms with van der Waals surface area (Å²) in [5.41, 5.74) is 0. The van der Waals surface area contributed by atoms with E-state index in [-0.39, 0.29) is 0 Å². The molecule has 9 N–H and O–H groups in total. The summed E-state index contributed by atoms with van der Waals surface area (Å²) < 4.78 is 13.7. The Kier molecular flexibility index (Phi) is 8.06. The second-order valence-corrected chi connectivity index (χ2v) is 12.5. The summed E-state index contributed by atoms with van der Waals surface area (Å²) in [5, 5.41) is 30.0. The zero-order chi connectivity index (χ0) is 19.1. The number of hydrogen-bond acceptors (Lipinski definition) is 9. The van der Waals surface area contributed by atoms with Gasteiger partial charge in [0.1, 0.15) is 36.6 Å². The molecule has 0 aliphatic heterocycles. The van der Waals surface area contributed by atoms with Crippen molar-refractivity contribution >= 4 is 55.6 Å². The molecule has 6 atom stereocenters. The molecule has 0 spiro atoms. The Balaban J connectivity index is 3.23. The standard InChI is InChI=1S/C6H15O12P3S3/c7-1-2(8)5(17-20(12,13)23)6(18-21(14,15)24)3(9)4(1)16-19(10,11)22/h1-9H,(H2,10,11,22)(H2,12,13,23)(H2,14,15,24)/t1-,2+,3+,4-,5-,6-/m0/s1. The van der Waals surface area contributed by atoms with Gasteiger partial charge in [0.2, 0.25) is 0 Å². The van der Waals surface area contributed by atoms with Crippen molar-refractivity contribution in [2.75, 3.05) is 0 Å². The molecule has 0 unspecified atom stereocenters. The molecule has 0 bridgehead atoms. The molecule has 18 heteroatoms. The highest BCUT2D eigenvalue weighted by Crippen LogP contribution is 2.49. The lowest BCUT2D eigenvalue weighted by atomic mass is 9.85. The van der Waals surface area contributed by atoms with E-state index in [0.29, 0.717) is 0 Å². The van der Waals surface area contributed by atoms with Crippen molar-refractivity contribution in [2.24, 2.45) is 0 Å². The van der Waals surface area contributed by atoms with E-state index in [9.17, 15) is 34.9 Å². The van der Waals surface area contributed by atoms with Crippen molar-refractivity contribution < 1.29 is 58.3 Å². The molecule has 0 saturated heterocycles. The average Bonchev–Trinajstić information content (AvgIpc) is 2.32. The molecule has 1 rings (SSSR count). The molecule has 0 amide bonds. The molecule has 24 heavy (non-hydrogen) atoms. The van der Waals surface area contributed by atoms with E-state index in [1.807, 2.05) is 0 Å². The minimum Gasteiger partial charge on any atom is -0.387 e. The molecule has 1 aliphatic rings. The number of hydrogen-bond donors (Lipinski definition) is 9. The van der Waals surface area contributed by atoms with Crippen LogP contribution in [0.4, 0.5) is 0 Å². The highest BCUT2D eigenvalue weighted by molar-refractivity contribution is 8.07. The van der Waals surface area contributed by atoms with Crippen LogP contribution in [0.2, 0.25) is 0 Å². The molecule has 0 aromatic rings. The van der Waals surface area contributed by atoms with Crippen LogP contribution in [-0.2, 0) is 49.0 Å². The van der Waals surface area contributed by atoms with E-state index >= 15 is 0 Å². The highest BCUT2D eigenvalue weighted by atomic mass is 32.5. The molecular weight excluding hydrogens is 453 g/mol. The lowest BCUT2D eigenvalue weighted by Gasteiger charge is -2.45. The van der Waals surface area contributed by atoms with E-state index in [1.54, 1.807) is 0 Å². The lowest BCUT2D eigenvalue weighted by Crippen LogP contribution is -2.65. The SMILES string of the molecule is O[C@@H]1[C@H](O)[C@H](OP(O)(O)=S)[C@@H](O)[C@H](OP(O)(O)=S)[C@H]1OP(O)(O)=S. The normalized spacial score (nSPS) is 35.9. The monoisotopic (exact) mass is 468 g/mol. The number of aliphatic hydroxyl groups excluding tert-OH is 3. The van der Waals surface area contributed by atoms with Gasteiger partial charge in [0.05, 0.1) is 0 Å². The van der Waals surface area contributed by atoms with Crippen LogP contribution < -0.4 is 0 Å². The smallest absolute Gasteiger partial charge is 0.322 e. The number of aliphatic hydroxyl groups is 3. The molecule has 0 heterocycles. The Morgan fingerprint density at radius 1 is 0.500 bits per heavy atom. The highest BCUT2D eigenvalue weighted by Gasteiger charge is 2.55. The summed E-state index contributed by atoms with van der Waals surface area (Å²) in [4.78, 5) is 55.1. The minimum absolute atomic E-state index is 1.96. The first-order valence-corrected chi connectivity index (χ1v) is 13.7. The Hall–Kier alpha value is 1.47. The Labute approximate surface area is 150 Å². The van der Waals surface area contributed by atoms with Crippen LogP contribution in [0, 0.1) is 0 Å². The summed E-state index contributed by atoms with van der Waals surface area (Å²) in [7, 11) is 0. The van der Waals surface area contributed by atoms with Crippen molar-refractivity contribution in [3.05, 3.63) is 0 Å². The van der Waals surface area contributed by atoms with Gasteiger partial charge in [0.15, 0.2) is 0 Å². The van der Waals surface area contributed by atoms with E-state index in [2.05, 4.69) is 49.0 Å². The first-order valence-electron chi connectivity index (χ1n) is 5.78. The quantitative estimate of drug-likeness (QED) is 0.176. The lowest BCUT2D eigenvalue weighted by molar-refractivity contribution is -0.208. The van der Waals surface area contributed by atoms with Gasteiger partial charge in [-0.25, -0.2) is 0 Å². The first kappa shape index (κ1) is 23.5. The van der Waals surface area contributed by atoms with Crippen LogP contribution >= 0.6 is 20.2 Å². The van der Waals surface area contributed by atoms with Crippen LogP contribution in [-0.4, -0.2) is 81.3 Å². The van der Waals surface area contributed by atoms with Crippen LogP contribution in [0.25, 0.3) is 0 Å². The molecule has 144 valence electrons. The summed E-state index contributed by atoms with van der Waals surface area (Å²) in [6, 6.07) is 0. The molecule has 12 nitrogen and oxygen atoms in total. The van der Waals surface area contributed by atoms with Gasteiger partial charge in [-0.3, -0.25) is 13.6 Å². The predicted octanol–water partition coefficient (Wildman–Crippen LogP) is -3.13. The summed E-state index contributed by atoms with van der Waals surface area (Å²) in [6.07, 6.45) is -12.2. The topological polar surface area (TPSA) is 210 Å². The Morgan fingerprint density at radius 2 is 0.750 bits per heavy atom. The molecule has 0 aromatic heterocycles. The van der Waals surface area contributed by atoms with Gasteiger partial charge in [-0.05, 0) is 35.4 Å². The van der Waals surface area contributed by atoms with E-state index < -0.39 is 56.8 Å². The fraction of sp³-hybridized carbons (Fsp3) is 1.00. The molecule has 0 radical (unpaired) electrons. The van der Waals surface area contributed by atoms with Gasteiger partial charge < -0.3 is 44.7 Å². The number of rotatable bonds is 6. The molecule has 0 aromatic carbocycles. The summed E-state index contributed by atoms with van der Waals surface area (Å²) in [6.45, 7) is -13.4. The fourth-order valence-electron chi connectivity index (χ4n) is 2.01. The Bertz CT molecular complexity index is 585. The average molecular weight is 468 g/mol. The van der Waals surface area contributed by atoms with Crippen LogP contribution in [0.3, 0.4) is 0 Å². The van der Waals surface area contributed by atoms with Gasteiger partial charge in [-0.15, -0.1) is 0 Å². The van der Waals surface area contributed by atoms with Crippen molar-refractivity contribution in [2.45, 2.75) is 36.6 Å². The largest absolute Gasteiger partial charge is 0.387 e. The third kappa shape index (κ3) is 7.24. The summed E-state index contributed by atoms with van der Waals surface area (Å²) in [5.74, 6) is 0. The molecule has 1 fully saturated rings. The van der Waals surface area contributed by atoms with Crippen molar-refractivity contribution in [3.63, 3.8) is 0 Å². The zero-order valence-corrected chi connectivity index (χ0v) is 16.4. The second kappa shape index (κ2) is 8.23. The van der Waals surface area contributed by atoms with Crippen LogP contribution in [0.15, 0.2) is 0 Å². The predicted molar refractivity (Wildman–Crippen MR) is 88.8 cm³/mol. The minimum atomic E-state index is -4.48. The third-order valence-corrected chi connectivity index (χ3v) is 5.13. The second-order valence-electron chi connectivity index (χ2n) is 4.65.